The Hall–Kier alpha value is -3.71. The molecule has 0 radical (unpaired) electrons. The fourth-order valence-electron chi connectivity index (χ4n) is 4.49. The molecule has 0 unspecified atom stereocenters. The molecular weight excluding hydrogens is 459 g/mol. The molecule has 4 rings (SSSR count). The van der Waals surface area contributed by atoms with Crippen molar-refractivity contribution in [3.05, 3.63) is 95.3 Å². The van der Waals surface area contributed by atoms with Crippen LogP contribution in [0.5, 0.6) is 11.5 Å². The van der Waals surface area contributed by atoms with Gasteiger partial charge in [0.2, 0.25) is 0 Å². The van der Waals surface area contributed by atoms with E-state index in [9.17, 15) is 14.0 Å². The number of halogens is 1. The number of carbonyl (C=O) groups is 2. The minimum Gasteiger partial charge on any atom is -0.497 e. The van der Waals surface area contributed by atoms with Gasteiger partial charge < -0.3 is 14.4 Å². The van der Waals surface area contributed by atoms with E-state index in [4.69, 9.17) is 9.47 Å². The van der Waals surface area contributed by atoms with Crippen LogP contribution in [0.1, 0.15) is 35.3 Å². The minimum absolute atomic E-state index is 0.0199. The van der Waals surface area contributed by atoms with Crippen LogP contribution in [0, 0.1) is 5.82 Å². The Kier molecular flexibility index (Phi) is 8.00. The van der Waals surface area contributed by atoms with E-state index in [1.807, 2.05) is 17.9 Å². The zero-order chi connectivity index (χ0) is 25.7. The van der Waals surface area contributed by atoms with Crippen molar-refractivity contribution in [2.75, 3.05) is 26.8 Å². The average molecular weight is 491 g/mol. The molecular formula is C29H31FN2O4. The third-order valence-corrected chi connectivity index (χ3v) is 6.55. The summed E-state index contributed by atoms with van der Waals surface area (Å²) in [5.74, 6) is 0.278. The maximum Gasteiger partial charge on any atom is 0.260 e. The zero-order valence-electron chi connectivity index (χ0n) is 20.8. The maximum atomic E-state index is 13.2. The number of nitrogens with zero attached hydrogens (tertiary/aromatic N) is 2. The maximum absolute atomic E-state index is 13.2. The third-order valence-electron chi connectivity index (χ3n) is 6.55. The average Bonchev–Trinajstić information content (AvgIpc) is 2.90. The Bertz CT molecular complexity index is 1200. The van der Waals surface area contributed by atoms with Crippen molar-refractivity contribution in [3.8, 4) is 11.5 Å². The Morgan fingerprint density at radius 2 is 1.67 bits per heavy atom. The number of piperazine rings is 1. The van der Waals surface area contributed by atoms with Crippen molar-refractivity contribution in [2.45, 2.75) is 32.5 Å². The van der Waals surface area contributed by atoms with Crippen molar-refractivity contribution in [2.24, 2.45) is 0 Å². The number of benzene rings is 3. The predicted octanol–water partition coefficient (Wildman–Crippen LogP) is 4.57. The molecule has 0 spiro atoms. The van der Waals surface area contributed by atoms with E-state index in [1.54, 1.807) is 54.6 Å². The summed E-state index contributed by atoms with van der Waals surface area (Å²) >= 11 is 0. The summed E-state index contributed by atoms with van der Waals surface area (Å²) in [4.78, 5) is 30.3. The summed E-state index contributed by atoms with van der Waals surface area (Å²) < 4.78 is 24.5. The van der Waals surface area contributed by atoms with Crippen LogP contribution in [0.2, 0.25) is 0 Å². The third kappa shape index (κ3) is 5.91. The molecule has 1 saturated heterocycles. The first-order valence-electron chi connectivity index (χ1n) is 12.0. The number of methoxy groups -OCH3 is 1. The zero-order valence-corrected chi connectivity index (χ0v) is 20.8. The van der Waals surface area contributed by atoms with Crippen molar-refractivity contribution < 1.29 is 23.5 Å². The number of ether oxygens (including phenoxy) is 2. The van der Waals surface area contributed by atoms with Gasteiger partial charge in [-0.3, -0.25) is 14.5 Å². The smallest absolute Gasteiger partial charge is 0.260 e. The number of amides is 1. The second-order valence-corrected chi connectivity index (χ2v) is 9.15. The fourth-order valence-corrected chi connectivity index (χ4v) is 4.49. The Labute approximate surface area is 211 Å². The standard InChI is InChI=1S/C29H31FN2O4/c1-20-17-32(21(2)16-31(20)18-22-9-11-24(30)12-10-22)28(33)19-36-27-15-25(35-3)13-14-26(27)29(34)23-7-5-4-6-8-23/h4-15,20-21H,16-19H2,1-3H3/t20-,21+/m1/s1. The molecule has 3 aromatic rings. The van der Waals surface area contributed by atoms with Gasteiger partial charge in [-0.2, -0.15) is 0 Å². The molecule has 0 aromatic heterocycles. The lowest BCUT2D eigenvalue weighted by molar-refractivity contribution is -0.139. The number of hydrogen-bond donors (Lipinski definition) is 0. The summed E-state index contributed by atoms with van der Waals surface area (Å²) in [6.45, 7) is 5.85. The second-order valence-electron chi connectivity index (χ2n) is 9.15. The van der Waals surface area contributed by atoms with Crippen LogP contribution in [0.4, 0.5) is 4.39 Å². The monoisotopic (exact) mass is 490 g/mol. The number of ketones is 1. The highest BCUT2D eigenvalue weighted by atomic mass is 19.1. The van der Waals surface area contributed by atoms with Gasteiger partial charge in [-0.1, -0.05) is 42.5 Å². The van der Waals surface area contributed by atoms with Gasteiger partial charge in [-0.15, -0.1) is 0 Å². The van der Waals surface area contributed by atoms with Crippen molar-refractivity contribution >= 4 is 11.7 Å². The lowest BCUT2D eigenvalue weighted by atomic mass is 10.0. The van der Waals surface area contributed by atoms with Crippen LogP contribution in [0.15, 0.2) is 72.8 Å². The van der Waals surface area contributed by atoms with E-state index in [1.165, 1.54) is 19.2 Å². The minimum atomic E-state index is -0.250. The molecule has 1 heterocycles. The summed E-state index contributed by atoms with van der Waals surface area (Å²) in [5.41, 5.74) is 1.95. The van der Waals surface area contributed by atoms with E-state index < -0.39 is 0 Å². The van der Waals surface area contributed by atoms with Gasteiger partial charge in [0.25, 0.3) is 5.91 Å². The molecule has 1 fully saturated rings. The van der Waals surface area contributed by atoms with Crippen molar-refractivity contribution in [3.63, 3.8) is 0 Å². The first kappa shape index (κ1) is 25.4. The highest BCUT2D eigenvalue weighted by Gasteiger charge is 2.32. The molecule has 3 aromatic carbocycles. The molecule has 6 nitrogen and oxygen atoms in total. The largest absolute Gasteiger partial charge is 0.497 e. The van der Waals surface area contributed by atoms with E-state index >= 15 is 0 Å². The molecule has 0 N–H and O–H groups in total. The van der Waals surface area contributed by atoms with Crippen LogP contribution in [0.3, 0.4) is 0 Å². The normalized spacial score (nSPS) is 18.1. The molecule has 7 heteroatoms. The van der Waals surface area contributed by atoms with Gasteiger partial charge >= 0.3 is 0 Å². The van der Waals surface area contributed by atoms with E-state index in [0.29, 0.717) is 42.3 Å². The molecule has 0 saturated carbocycles. The van der Waals surface area contributed by atoms with Crippen LogP contribution < -0.4 is 9.47 Å². The first-order chi connectivity index (χ1) is 17.4. The molecule has 0 aliphatic carbocycles. The summed E-state index contributed by atoms with van der Waals surface area (Å²) in [6, 6.07) is 20.6. The number of rotatable bonds is 8. The number of carbonyl (C=O) groups excluding carboxylic acids is 2. The molecule has 0 bridgehead atoms. The van der Waals surface area contributed by atoms with E-state index in [-0.39, 0.29) is 36.2 Å². The van der Waals surface area contributed by atoms with E-state index in [2.05, 4.69) is 11.8 Å². The highest BCUT2D eigenvalue weighted by molar-refractivity contribution is 6.10. The molecule has 1 amide bonds. The lowest BCUT2D eigenvalue weighted by Gasteiger charge is -2.44. The SMILES string of the molecule is COc1ccc(C(=O)c2ccccc2)c(OCC(=O)N2C[C@@H](C)N(Cc3ccc(F)cc3)C[C@@H]2C)c1. The Morgan fingerprint density at radius 1 is 0.944 bits per heavy atom. The fraction of sp³-hybridized carbons (Fsp3) is 0.310. The van der Waals surface area contributed by atoms with Gasteiger partial charge in [-0.05, 0) is 43.7 Å². The second kappa shape index (κ2) is 11.4. The Morgan fingerprint density at radius 3 is 2.36 bits per heavy atom. The summed E-state index contributed by atoms with van der Waals surface area (Å²) in [7, 11) is 1.54. The quantitative estimate of drug-likeness (QED) is 0.433. The van der Waals surface area contributed by atoms with Crippen LogP contribution in [0.25, 0.3) is 0 Å². The number of hydrogen-bond acceptors (Lipinski definition) is 5. The van der Waals surface area contributed by atoms with Gasteiger partial charge in [0.15, 0.2) is 12.4 Å². The molecule has 2 atom stereocenters. The Balaban J connectivity index is 1.42. The van der Waals surface area contributed by atoms with Crippen LogP contribution >= 0.6 is 0 Å². The lowest BCUT2D eigenvalue weighted by Crippen LogP contribution is -2.58. The van der Waals surface area contributed by atoms with Crippen LogP contribution in [-0.2, 0) is 11.3 Å². The van der Waals surface area contributed by atoms with Gasteiger partial charge in [0.05, 0.1) is 12.7 Å². The first-order valence-corrected chi connectivity index (χ1v) is 12.0. The molecule has 1 aliphatic rings. The highest BCUT2D eigenvalue weighted by Crippen LogP contribution is 2.27. The predicted molar refractivity (Wildman–Crippen MR) is 136 cm³/mol. The molecule has 1 aliphatic heterocycles. The summed E-state index contributed by atoms with van der Waals surface area (Å²) in [6.07, 6.45) is 0. The van der Waals surface area contributed by atoms with Crippen molar-refractivity contribution in [1.82, 2.24) is 9.80 Å². The topological polar surface area (TPSA) is 59.1 Å². The van der Waals surface area contributed by atoms with Gasteiger partial charge in [0.1, 0.15) is 17.3 Å². The van der Waals surface area contributed by atoms with Crippen LogP contribution in [-0.4, -0.2) is 60.4 Å². The van der Waals surface area contributed by atoms with Gasteiger partial charge in [0, 0.05) is 43.3 Å². The van der Waals surface area contributed by atoms with Gasteiger partial charge in [-0.25, -0.2) is 4.39 Å². The van der Waals surface area contributed by atoms with E-state index in [0.717, 1.165) is 5.56 Å². The molecule has 36 heavy (non-hydrogen) atoms. The summed E-state index contributed by atoms with van der Waals surface area (Å²) in [5, 5.41) is 0. The van der Waals surface area contributed by atoms with Crippen molar-refractivity contribution in [1.29, 1.82) is 0 Å². The molecule has 188 valence electrons.